The molecule has 0 radical (unpaired) electrons. The summed E-state index contributed by atoms with van der Waals surface area (Å²) in [6.07, 6.45) is 3.37. The Hall–Kier alpha value is 0.260. The third-order valence-electron chi connectivity index (χ3n) is 1.59. The van der Waals surface area contributed by atoms with Crippen molar-refractivity contribution in [3.8, 4) is 0 Å². The maximum Gasteiger partial charge on any atom is 0.148 e. The van der Waals surface area contributed by atoms with Crippen LogP contribution in [0.2, 0.25) is 0 Å². The number of nitrogens with two attached hydrogens (primary N) is 1. The van der Waals surface area contributed by atoms with Crippen LogP contribution in [0.3, 0.4) is 0 Å². The van der Waals surface area contributed by atoms with Gasteiger partial charge in [-0.05, 0) is 6.42 Å². The SMILES string of the molecule is CCCC(N)CSCCS(C)(=O)=O. The highest BCUT2D eigenvalue weighted by atomic mass is 32.2. The molecule has 0 bridgehead atoms. The van der Waals surface area contributed by atoms with E-state index < -0.39 is 9.84 Å². The maximum absolute atomic E-state index is 10.8. The molecule has 0 saturated carbocycles. The van der Waals surface area contributed by atoms with Crippen molar-refractivity contribution >= 4 is 21.6 Å². The Bertz CT molecular complexity index is 214. The van der Waals surface area contributed by atoms with Gasteiger partial charge in [-0.2, -0.15) is 11.8 Å². The van der Waals surface area contributed by atoms with Crippen LogP contribution in [0.25, 0.3) is 0 Å². The topological polar surface area (TPSA) is 60.2 Å². The zero-order valence-electron chi connectivity index (χ0n) is 8.32. The van der Waals surface area contributed by atoms with Crippen LogP contribution < -0.4 is 5.73 Å². The van der Waals surface area contributed by atoms with E-state index >= 15 is 0 Å². The molecule has 80 valence electrons. The molecule has 1 atom stereocenters. The predicted octanol–water partition coefficient (Wildman–Crippen LogP) is 0.892. The molecule has 0 aliphatic carbocycles. The normalized spacial score (nSPS) is 14.4. The fraction of sp³-hybridized carbons (Fsp3) is 1.00. The first-order chi connectivity index (χ1) is 5.95. The van der Waals surface area contributed by atoms with E-state index in [9.17, 15) is 8.42 Å². The van der Waals surface area contributed by atoms with E-state index in [0.29, 0.717) is 5.75 Å². The van der Waals surface area contributed by atoms with Crippen molar-refractivity contribution < 1.29 is 8.42 Å². The average Bonchev–Trinajstić information content (AvgIpc) is 1.97. The third kappa shape index (κ3) is 10.2. The molecule has 0 aromatic carbocycles. The Morgan fingerprint density at radius 2 is 2.08 bits per heavy atom. The number of thioether (sulfide) groups is 1. The second-order valence-corrected chi connectivity index (χ2v) is 6.66. The minimum Gasteiger partial charge on any atom is -0.327 e. The lowest BCUT2D eigenvalue weighted by Gasteiger charge is -2.08. The minimum absolute atomic E-state index is 0.217. The van der Waals surface area contributed by atoms with Crippen LogP contribution in [-0.2, 0) is 9.84 Å². The van der Waals surface area contributed by atoms with Crippen LogP contribution in [0.15, 0.2) is 0 Å². The summed E-state index contributed by atoms with van der Waals surface area (Å²) in [7, 11) is -2.80. The van der Waals surface area contributed by atoms with Crippen molar-refractivity contribution in [1.29, 1.82) is 0 Å². The van der Waals surface area contributed by atoms with Crippen molar-refractivity contribution in [2.24, 2.45) is 5.73 Å². The first-order valence-corrected chi connectivity index (χ1v) is 7.68. The molecule has 1 unspecified atom stereocenters. The van der Waals surface area contributed by atoms with E-state index in [1.54, 1.807) is 11.8 Å². The summed E-state index contributed by atoms with van der Waals surface area (Å²) >= 11 is 1.62. The first-order valence-electron chi connectivity index (χ1n) is 4.46. The van der Waals surface area contributed by atoms with Gasteiger partial charge in [-0.1, -0.05) is 13.3 Å². The van der Waals surface area contributed by atoms with Crippen molar-refractivity contribution in [3.63, 3.8) is 0 Å². The van der Waals surface area contributed by atoms with Gasteiger partial charge in [0.15, 0.2) is 0 Å². The summed E-state index contributed by atoms with van der Waals surface area (Å²) in [5, 5.41) is 0. The average molecular weight is 225 g/mol. The molecule has 0 aromatic heterocycles. The highest BCUT2D eigenvalue weighted by molar-refractivity contribution is 8.00. The van der Waals surface area contributed by atoms with Gasteiger partial charge in [-0.3, -0.25) is 0 Å². The summed E-state index contributed by atoms with van der Waals surface area (Å²) in [6, 6.07) is 0.217. The zero-order chi connectivity index (χ0) is 10.3. The molecule has 0 rings (SSSR count). The summed E-state index contributed by atoms with van der Waals surface area (Å²) in [5.41, 5.74) is 5.76. The molecule has 5 heteroatoms. The lowest BCUT2D eigenvalue weighted by Crippen LogP contribution is -2.22. The van der Waals surface area contributed by atoms with Gasteiger partial charge in [0.05, 0.1) is 5.75 Å². The lowest BCUT2D eigenvalue weighted by molar-refractivity contribution is 0.603. The second-order valence-electron chi connectivity index (χ2n) is 3.25. The van der Waals surface area contributed by atoms with Gasteiger partial charge in [0.2, 0.25) is 0 Å². The Labute approximate surface area is 85.4 Å². The van der Waals surface area contributed by atoms with Gasteiger partial charge in [0.1, 0.15) is 9.84 Å². The largest absolute Gasteiger partial charge is 0.327 e. The molecule has 0 aromatic rings. The zero-order valence-corrected chi connectivity index (χ0v) is 9.96. The number of hydrogen-bond donors (Lipinski definition) is 1. The fourth-order valence-electron chi connectivity index (χ4n) is 0.899. The van der Waals surface area contributed by atoms with E-state index in [1.807, 2.05) is 0 Å². The van der Waals surface area contributed by atoms with Gasteiger partial charge >= 0.3 is 0 Å². The number of rotatable bonds is 7. The lowest BCUT2D eigenvalue weighted by atomic mass is 10.2. The molecule has 0 amide bonds. The van der Waals surface area contributed by atoms with E-state index in [-0.39, 0.29) is 11.8 Å². The van der Waals surface area contributed by atoms with Crippen LogP contribution in [0, 0.1) is 0 Å². The molecule has 3 nitrogen and oxygen atoms in total. The van der Waals surface area contributed by atoms with Crippen molar-refractivity contribution in [3.05, 3.63) is 0 Å². The number of sulfone groups is 1. The maximum atomic E-state index is 10.8. The molecule has 13 heavy (non-hydrogen) atoms. The van der Waals surface area contributed by atoms with Crippen LogP contribution in [0.4, 0.5) is 0 Å². The number of hydrogen-bond acceptors (Lipinski definition) is 4. The van der Waals surface area contributed by atoms with Gasteiger partial charge < -0.3 is 5.73 Å². The Morgan fingerprint density at radius 1 is 1.46 bits per heavy atom. The molecular formula is C8H19NO2S2. The summed E-state index contributed by atoms with van der Waals surface area (Å²) in [4.78, 5) is 0. The smallest absolute Gasteiger partial charge is 0.148 e. The monoisotopic (exact) mass is 225 g/mol. The van der Waals surface area contributed by atoms with Crippen LogP contribution in [-0.4, -0.2) is 38.0 Å². The molecule has 0 spiro atoms. The van der Waals surface area contributed by atoms with Gasteiger partial charge in [0.25, 0.3) is 0 Å². The Balaban J connectivity index is 3.36. The third-order valence-corrected chi connectivity index (χ3v) is 3.95. The van der Waals surface area contributed by atoms with Crippen molar-refractivity contribution in [2.45, 2.75) is 25.8 Å². The van der Waals surface area contributed by atoms with Gasteiger partial charge in [0, 0.05) is 23.8 Å². The second kappa shape index (κ2) is 6.68. The molecule has 0 fully saturated rings. The van der Waals surface area contributed by atoms with Crippen molar-refractivity contribution in [1.82, 2.24) is 0 Å². The molecular weight excluding hydrogens is 206 g/mol. The summed E-state index contributed by atoms with van der Waals surface area (Å²) in [6.45, 7) is 2.10. The van der Waals surface area contributed by atoms with E-state index in [4.69, 9.17) is 5.73 Å². The highest BCUT2D eigenvalue weighted by Crippen LogP contribution is 2.06. The molecule has 0 heterocycles. The molecule has 2 N–H and O–H groups in total. The quantitative estimate of drug-likeness (QED) is 0.654. The van der Waals surface area contributed by atoms with E-state index in [1.165, 1.54) is 6.26 Å². The molecule has 0 saturated heterocycles. The fourth-order valence-corrected chi connectivity index (χ4v) is 3.22. The Morgan fingerprint density at radius 3 is 2.54 bits per heavy atom. The minimum atomic E-state index is -2.80. The van der Waals surface area contributed by atoms with Crippen LogP contribution in [0.1, 0.15) is 19.8 Å². The van der Waals surface area contributed by atoms with E-state index in [0.717, 1.165) is 18.6 Å². The molecule has 0 aliphatic rings. The molecule has 0 aliphatic heterocycles. The predicted molar refractivity (Wildman–Crippen MR) is 59.9 cm³/mol. The summed E-state index contributed by atoms with van der Waals surface area (Å²) < 4.78 is 21.5. The van der Waals surface area contributed by atoms with E-state index in [2.05, 4.69) is 6.92 Å². The van der Waals surface area contributed by atoms with Crippen LogP contribution >= 0.6 is 11.8 Å². The highest BCUT2D eigenvalue weighted by Gasteiger charge is 2.04. The standard InChI is InChI=1S/C8H19NO2S2/c1-3-4-8(9)7-12-5-6-13(2,10)11/h8H,3-7,9H2,1-2H3. The van der Waals surface area contributed by atoms with Gasteiger partial charge in [-0.15, -0.1) is 0 Å². The van der Waals surface area contributed by atoms with Gasteiger partial charge in [-0.25, -0.2) is 8.42 Å². The summed E-state index contributed by atoms with van der Waals surface area (Å²) in [5.74, 6) is 1.79. The Kier molecular flexibility index (Phi) is 6.81. The first kappa shape index (κ1) is 13.3. The van der Waals surface area contributed by atoms with Crippen molar-refractivity contribution in [2.75, 3.05) is 23.5 Å². The van der Waals surface area contributed by atoms with Crippen LogP contribution in [0.5, 0.6) is 0 Å².